The molecule has 1 aromatic rings. The largest absolute Gasteiger partial charge is 0.487 e. The van der Waals surface area contributed by atoms with Crippen molar-refractivity contribution in [2.45, 2.75) is 26.4 Å². The van der Waals surface area contributed by atoms with E-state index in [1.54, 1.807) is 4.90 Å². The van der Waals surface area contributed by atoms with Gasteiger partial charge in [0.2, 0.25) is 0 Å². The first-order chi connectivity index (χ1) is 10.8. The summed E-state index contributed by atoms with van der Waals surface area (Å²) < 4.78 is 37.5. The van der Waals surface area contributed by atoms with Gasteiger partial charge in [0.25, 0.3) is 0 Å². The van der Waals surface area contributed by atoms with Gasteiger partial charge in [0.15, 0.2) is 17.4 Å². The maximum atomic E-state index is 13.4. The van der Waals surface area contributed by atoms with Crippen molar-refractivity contribution in [2.24, 2.45) is 17.8 Å². The molecular formula is C16H20F2N2O3. The van der Waals surface area contributed by atoms with Gasteiger partial charge in [0.05, 0.1) is 19.0 Å². The number of carbonyl (C=O) groups is 1. The highest BCUT2D eigenvalue weighted by Gasteiger charge is 2.57. The van der Waals surface area contributed by atoms with Crippen molar-refractivity contribution in [1.29, 1.82) is 0 Å². The summed E-state index contributed by atoms with van der Waals surface area (Å²) in [5.41, 5.74) is -0.511. The Balaban J connectivity index is 1.48. The van der Waals surface area contributed by atoms with E-state index in [9.17, 15) is 13.6 Å². The summed E-state index contributed by atoms with van der Waals surface area (Å²) in [6.45, 7) is 6.95. The van der Waals surface area contributed by atoms with Crippen molar-refractivity contribution in [3.8, 4) is 5.75 Å². The Bertz CT molecular complexity index is 586. The lowest BCUT2D eigenvalue weighted by atomic mass is 10.2. The van der Waals surface area contributed by atoms with Gasteiger partial charge >= 0.3 is 6.09 Å². The van der Waals surface area contributed by atoms with Crippen LogP contribution in [0, 0.1) is 29.4 Å². The molecule has 23 heavy (non-hydrogen) atoms. The molecule has 7 heteroatoms. The smallest absolute Gasteiger partial charge is 0.410 e. The van der Waals surface area contributed by atoms with E-state index in [4.69, 9.17) is 9.47 Å². The third-order valence-electron chi connectivity index (χ3n) is 4.25. The molecule has 126 valence electrons. The quantitative estimate of drug-likeness (QED) is 0.857. The summed E-state index contributed by atoms with van der Waals surface area (Å²) in [5, 5.41) is 0. The van der Waals surface area contributed by atoms with Gasteiger partial charge in [-0.25, -0.2) is 13.6 Å². The van der Waals surface area contributed by atoms with E-state index >= 15 is 0 Å². The molecule has 1 aliphatic carbocycles. The molecule has 0 spiro atoms. The van der Waals surface area contributed by atoms with E-state index in [1.165, 1.54) is 0 Å². The predicted octanol–water partition coefficient (Wildman–Crippen LogP) is 2.85. The normalized spacial score (nSPS) is 26.0. The number of likely N-dealkylation sites (tertiary alicyclic amines) is 1. The van der Waals surface area contributed by atoms with Gasteiger partial charge in [-0.1, -0.05) is 0 Å². The van der Waals surface area contributed by atoms with Crippen molar-refractivity contribution in [2.75, 3.05) is 19.7 Å². The maximum Gasteiger partial charge on any atom is 0.410 e. The van der Waals surface area contributed by atoms with E-state index in [1.807, 2.05) is 20.8 Å². The molecule has 3 rings (SSSR count). The van der Waals surface area contributed by atoms with Crippen LogP contribution in [-0.4, -0.2) is 41.3 Å². The molecule has 2 fully saturated rings. The summed E-state index contributed by atoms with van der Waals surface area (Å²) >= 11 is 0. The van der Waals surface area contributed by atoms with Gasteiger partial charge in [0.1, 0.15) is 5.60 Å². The molecule has 1 aliphatic heterocycles. The Morgan fingerprint density at radius 3 is 2.35 bits per heavy atom. The standard InChI is InChI=1S/C16H20F2N2O3/c1-16(2,3)23-15(21)20-6-9-10(7-20)11(9)8-22-14-12(17)4-19-5-13(14)18/h4-5,9-11H,6-8H2,1-3H3/t9-,10+,11?. The lowest BCUT2D eigenvalue weighted by molar-refractivity contribution is 0.0260. The number of carbonyl (C=O) groups excluding carboxylic acids is 1. The van der Waals surface area contributed by atoms with Crippen molar-refractivity contribution < 1.29 is 23.0 Å². The minimum atomic E-state index is -0.800. The van der Waals surface area contributed by atoms with E-state index in [0.717, 1.165) is 12.4 Å². The molecule has 5 nitrogen and oxygen atoms in total. The second-order valence-corrected chi connectivity index (χ2v) is 7.12. The Kier molecular flexibility index (Phi) is 3.90. The molecule has 0 aromatic carbocycles. The van der Waals surface area contributed by atoms with Gasteiger partial charge in [-0.15, -0.1) is 0 Å². The Labute approximate surface area is 133 Å². The van der Waals surface area contributed by atoms with Gasteiger partial charge in [0, 0.05) is 19.0 Å². The zero-order chi connectivity index (χ0) is 16.8. The van der Waals surface area contributed by atoms with Crippen LogP contribution in [0.4, 0.5) is 13.6 Å². The lowest BCUT2D eigenvalue weighted by Gasteiger charge is -2.25. The minimum Gasteiger partial charge on any atom is -0.487 e. The monoisotopic (exact) mass is 326 g/mol. The van der Waals surface area contributed by atoms with Crippen LogP contribution in [0.5, 0.6) is 5.75 Å². The molecule has 1 aromatic heterocycles. The summed E-state index contributed by atoms with van der Waals surface area (Å²) in [5.74, 6) is -1.13. The van der Waals surface area contributed by atoms with E-state index in [-0.39, 0.29) is 24.4 Å². The predicted molar refractivity (Wildman–Crippen MR) is 77.9 cm³/mol. The third kappa shape index (κ3) is 3.38. The molecule has 1 saturated heterocycles. The fourth-order valence-corrected chi connectivity index (χ4v) is 3.09. The summed E-state index contributed by atoms with van der Waals surface area (Å²) in [7, 11) is 0. The number of amides is 1. The van der Waals surface area contributed by atoms with Crippen LogP contribution in [0.15, 0.2) is 12.4 Å². The SMILES string of the molecule is CC(C)(C)OC(=O)N1C[C@@H]2C(COc3c(F)cncc3F)[C@@H]2C1. The number of halogens is 2. The topological polar surface area (TPSA) is 51.7 Å². The number of fused-ring (bicyclic) bond motifs is 1. The summed E-state index contributed by atoms with van der Waals surface area (Å²) in [6.07, 6.45) is 1.54. The second kappa shape index (κ2) is 5.62. The van der Waals surface area contributed by atoms with Crippen LogP contribution >= 0.6 is 0 Å². The number of piperidine rings is 1. The molecule has 1 saturated carbocycles. The van der Waals surface area contributed by atoms with Crippen LogP contribution in [-0.2, 0) is 4.74 Å². The highest BCUT2D eigenvalue weighted by Crippen LogP contribution is 2.52. The molecular weight excluding hydrogens is 306 g/mol. The highest BCUT2D eigenvalue weighted by atomic mass is 19.1. The van der Waals surface area contributed by atoms with Gasteiger partial charge in [-0.2, -0.15) is 0 Å². The molecule has 0 N–H and O–H groups in total. The first-order valence-electron chi connectivity index (χ1n) is 7.66. The lowest BCUT2D eigenvalue weighted by Crippen LogP contribution is -2.37. The summed E-state index contributed by atoms with van der Waals surface area (Å²) in [4.78, 5) is 17.1. The average molecular weight is 326 g/mol. The number of rotatable bonds is 3. The van der Waals surface area contributed by atoms with Crippen molar-refractivity contribution in [3.63, 3.8) is 0 Å². The Morgan fingerprint density at radius 2 is 1.83 bits per heavy atom. The second-order valence-electron chi connectivity index (χ2n) is 7.12. The Morgan fingerprint density at radius 1 is 1.26 bits per heavy atom. The van der Waals surface area contributed by atoms with Crippen LogP contribution in [0.25, 0.3) is 0 Å². The zero-order valence-corrected chi connectivity index (χ0v) is 13.4. The van der Waals surface area contributed by atoms with Gasteiger partial charge in [-0.05, 0) is 32.6 Å². The molecule has 2 heterocycles. The fraction of sp³-hybridized carbons (Fsp3) is 0.625. The van der Waals surface area contributed by atoms with Crippen molar-refractivity contribution in [3.05, 3.63) is 24.0 Å². The molecule has 0 radical (unpaired) electrons. The first-order valence-corrected chi connectivity index (χ1v) is 7.66. The van der Waals surface area contributed by atoms with Gasteiger partial charge < -0.3 is 14.4 Å². The van der Waals surface area contributed by atoms with E-state index in [0.29, 0.717) is 24.9 Å². The molecule has 0 bridgehead atoms. The zero-order valence-electron chi connectivity index (χ0n) is 13.4. The number of hydrogen-bond acceptors (Lipinski definition) is 4. The highest BCUT2D eigenvalue weighted by molar-refractivity contribution is 5.69. The average Bonchev–Trinajstić information content (AvgIpc) is 2.89. The number of hydrogen-bond donors (Lipinski definition) is 0. The molecule has 1 unspecified atom stereocenters. The first kappa shape index (κ1) is 16.0. The Hall–Kier alpha value is -1.92. The van der Waals surface area contributed by atoms with Crippen molar-refractivity contribution >= 4 is 6.09 Å². The van der Waals surface area contributed by atoms with E-state index < -0.39 is 17.2 Å². The summed E-state index contributed by atoms with van der Waals surface area (Å²) in [6, 6.07) is 0. The van der Waals surface area contributed by atoms with Crippen LogP contribution in [0.3, 0.4) is 0 Å². The molecule has 1 amide bonds. The van der Waals surface area contributed by atoms with Crippen molar-refractivity contribution in [1.82, 2.24) is 9.88 Å². The van der Waals surface area contributed by atoms with Gasteiger partial charge in [-0.3, -0.25) is 4.98 Å². The van der Waals surface area contributed by atoms with Crippen LogP contribution in [0.1, 0.15) is 20.8 Å². The van der Waals surface area contributed by atoms with Crippen LogP contribution in [0.2, 0.25) is 0 Å². The molecule has 3 atom stereocenters. The fourth-order valence-electron chi connectivity index (χ4n) is 3.09. The number of pyridine rings is 1. The molecule has 2 aliphatic rings. The third-order valence-corrected chi connectivity index (χ3v) is 4.25. The number of aromatic nitrogens is 1. The van der Waals surface area contributed by atoms with E-state index in [2.05, 4.69) is 4.98 Å². The number of nitrogens with zero attached hydrogens (tertiary/aromatic N) is 2. The minimum absolute atomic E-state index is 0.223. The number of ether oxygens (including phenoxy) is 2. The van der Waals surface area contributed by atoms with Crippen LogP contribution < -0.4 is 4.74 Å². The maximum absolute atomic E-state index is 13.4.